The Kier molecular flexibility index (Phi) is 6.43. The van der Waals surface area contributed by atoms with E-state index in [1.165, 1.54) is 0 Å². The number of carbonyl (C=O) groups excluding carboxylic acids is 1. The molecule has 3 aliphatic carbocycles. The van der Waals surface area contributed by atoms with E-state index in [0.29, 0.717) is 13.1 Å². The molecule has 4 fully saturated rings. The van der Waals surface area contributed by atoms with Crippen molar-refractivity contribution in [2.45, 2.75) is 67.6 Å². The molecule has 2 atom stereocenters. The predicted octanol–water partition coefficient (Wildman–Crippen LogP) is 5.09. The van der Waals surface area contributed by atoms with Gasteiger partial charge in [0, 0.05) is 48.6 Å². The normalized spacial score (nSPS) is 25.3. The highest BCUT2D eigenvalue weighted by Gasteiger charge is 2.57. The second-order valence-electron chi connectivity index (χ2n) is 12.1. The predicted molar refractivity (Wildman–Crippen MR) is 159 cm³/mol. The number of amides is 1. The van der Waals surface area contributed by atoms with Crippen molar-refractivity contribution in [3.05, 3.63) is 54.5 Å². The maximum Gasteiger partial charge on any atom is 0.225 e. The maximum atomic E-state index is 13.5. The first-order valence-corrected chi connectivity index (χ1v) is 17.0. The number of rotatable bonds is 6. The number of hydrogen-bond acceptors (Lipinski definition) is 8. The Morgan fingerprint density at radius 3 is 2.54 bits per heavy atom. The van der Waals surface area contributed by atoms with Crippen LogP contribution in [-0.4, -0.2) is 53.4 Å². The minimum atomic E-state index is -3.01. The number of benzene rings is 1. The van der Waals surface area contributed by atoms with Crippen molar-refractivity contribution < 1.29 is 13.2 Å². The number of nitrogens with one attached hydrogen (secondary N) is 1. The summed E-state index contributed by atoms with van der Waals surface area (Å²) in [5.41, 5.74) is 3.29. The lowest BCUT2D eigenvalue weighted by atomic mass is 9.76. The monoisotopic (exact) mass is 587 g/mol. The number of thiazole rings is 1. The molecule has 7 rings (SSSR count). The molecule has 10 heteroatoms. The number of nitriles is 1. The topological polar surface area (TPSA) is 116 Å². The van der Waals surface area contributed by atoms with Gasteiger partial charge in [-0.25, -0.2) is 13.4 Å². The second kappa shape index (κ2) is 9.92. The second-order valence-corrected chi connectivity index (χ2v) is 15.6. The van der Waals surface area contributed by atoms with Crippen LogP contribution in [0.25, 0.3) is 21.0 Å². The number of sulfone groups is 1. The standard InChI is InChI=1S/C31H33N5O3S2/c32-19-30(11-12-30)35-28(37)25-6-2-1-5-24(25)26-27(40-29(34-26)22-4-3-15-33-18-22)21-7-9-23(10-8-21)36-16-17-41(38,39)31(20-36)13-14-31/h3-4,7-10,15,18,24-25H,1-2,5-6,11-14,16-17,20H2,(H,35,37)/t24-,25-/m1/s1. The van der Waals surface area contributed by atoms with Crippen LogP contribution in [0.2, 0.25) is 0 Å². The van der Waals surface area contributed by atoms with Gasteiger partial charge in [0.15, 0.2) is 9.84 Å². The number of nitrogens with zero attached hydrogens (tertiary/aromatic N) is 4. The van der Waals surface area contributed by atoms with E-state index in [0.717, 1.165) is 83.8 Å². The minimum Gasteiger partial charge on any atom is -0.369 e. The van der Waals surface area contributed by atoms with E-state index in [1.807, 2.05) is 18.3 Å². The van der Waals surface area contributed by atoms with Gasteiger partial charge in [0.2, 0.25) is 5.91 Å². The average Bonchev–Trinajstić information content (AvgIpc) is 3.92. The van der Waals surface area contributed by atoms with E-state index in [9.17, 15) is 18.5 Å². The molecule has 4 aliphatic rings. The summed E-state index contributed by atoms with van der Waals surface area (Å²) in [6, 6.07) is 14.6. The number of aromatic nitrogens is 2. The molecule has 3 heterocycles. The summed E-state index contributed by atoms with van der Waals surface area (Å²) in [4.78, 5) is 26.2. The summed E-state index contributed by atoms with van der Waals surface area (Å²) in [5.74, 6) is -0.0707. The third-order valence-corrected chi connectivity index (χ3v) is 13.2. The lowest BCUT2D eigenvalue weighted by Crippen LogP contribution is -2.48. The molecule has 1 aliphatic heterocycles. The van der Waals surface area contributed by atoms with Gasteiger partial charge in [-0.3, -0.25) is 9.78 Å². The van der Waals surface area contributed by atoms with Crippen molar-refractivity contribution in [2.24, 2.45) is 5.92 Å². The zero-order chi connectivity index (χ0) is 28.2. The Balaban J connectivity index is 1.22. The third kappa shape index (κ3) is 4.83. The molecule has 41 heavy (non-hydrogen) atoms. The zero-order valence-electron chi connectivity index (χ0n) is 22.9. The zero-order valence-corrected chi connectivity index (χ0v) is 24.5. The summed E-state index contributed by atoms with van der Waals surface area (Å²) in [6.45, 7) is 1.08. The van der Waals surface area contributed by atoms with E-state index >= 15 is 0 Å². The Labute approximate surface area is 244 Å². The first-order valence-electron chi connectivity index (χ1n) is 14.5. The van der Waals surface area contributed by atoms with Crippen LogP contribution in [0.3, 0.4) is 0 Å². The van der Waals surface area contributed by atoms with E-state index < -0.39 is 20.1 Å². The van der Waals surface area contributed by atoms with Gasteiger partial charge >= 0.3 is 0 Å². The van der Waals surface area contributed by atoms with Crippen LogP contribution in [0.1, 0.15) is 63.0 Å². The SMILES string of the molecule is N#CC1(NC(=O)[C@@H]2CCCC[C@H]2c2nc(-c3cccnc3)sc2-c2ccc(N3CCS(=O)(=O)C4(CC4)C3)cc2)CC1. The fourth-order valence-electron chi connectivity index (χ4n) is 6.52. The van der Waals surface area contributed by atoms with E-state index in [1.54, 1.807) is 17.5 Å². The molecule has 3 saturated carbocycles. The molecule has 1 aromatic carbocycles. The van der Waals surface area contributed by atoms with Gasteiger partial charge in [-0.1, -0.05) is 25.0 Å². The van der Waals surface area contributed by atoms with Crippen molar-refractivity contribution in [1.29, 1.82) is 5.26 Å². The highest BCUT2D eigenvalue weighted by molar-refractivity contribution is 7.93. The van der Waals surface area contributed by atoms with Crippen LogP contribution < -0.4 is 10.2 Å². The van der Waals surface area contributed by atoms with Crippen LogP contribution in [-0.2, 0) is 14.6 Å². The van der Waals surface area contributed by atoms with Gasteiger partial charge in [-0.05, 0) is 68.4 Å². The summed E-state index contributed by atoms with van der Waals surface area (Å²) >= 11 is 1.63. The number of hydrogen-bond donors (Lipinski definition) is 1. The number of pyridine rings is 1. The fraction of sp³-hybridized carbons (Fsp3) is 0.484. The largest absolute Gasteiger partial charge is 0.369 e. The van der Waals surface area contributed by atoms with Crippen molar-refractivity contribution in [1.82, 2.24) is 15.3 Å². The number of carbonyl (C=O) groups is 1. The van der Waals surface area contributed by atoms with Gasteiger partial charge in [-0.15, -0.1) is 11.3 Å². The summed E-state index contributed by atoms with van der Waals surface area (Å²) in [5, 5.41) is 13.5. The first-order chi connectivity index (χ1) is 19.8. The lowest BCUT2D eigenvalue weighted by Gasteiger charge is -2.34. The van der Waals surface area contributed by atoms with Crippen molar-refractivity contribution >= 4 is 32.8 Å². The molecule has 3 aromatic rings. The maximum absolute atomic E-state index is 13.5. The smallest absolute Gasteiger partial charge is 0.225 e. The molecule has 212 valence electrons. The van der Waals surface area contributed by atoms with Crippen LogP contribution in [0.4, 0.5) is 5.69 Å². The minimum absolute atomic E-state index is 0.0277. The summed E-state index contributed by atoms with van der Waals surface area (Å²) in [6.07, 6.45) is 10.2. The molecule has 2 aromatic heterocycles. The first kappa shape index (κ1) is 26.6. The quantitative estimate of drug-likeness (QED) is 0.427. The van der Waals surface area contributed by atoms with Crippen LogP contribution in [0, 0.1) is 17.2 Å². The van der Waals surface area contributed by atoms with Gasteiger partial charge < -0.3 is 10.2 Å². The molecule has 8 nitrogen and oxygen atoms in total. The highest BCUT2D eigenvalue weighted by Crippen LogP contribution is 2.49. The van der Waals surface area contributed by atoms with Gasteiger partial charge in [0.25, 0.3) is 0 Å². The van der Waals surface area contributed by atoms with Crippen LogP contribution in [0.15, 0.2) is 48.8 Å². The van der Waals surface area contributed by atoms with E-state index in [2.05, 4.69) is 45.5 Å². The molecule has 1 spiro atoms. The fourth-order valence-corrected chi connectivity index (χ4v) is 9.62. The molecule has 1 saturated heterocycles. The summed E-state index contributed by atoms with van der Waals surface area (Å²) < 4.78 is 24.6. The van der Waals surface area contributed by atoms with Gasteiger partial charge in [0.05, 0.1) is 27.1 Å². The van der Waals surface area contributed by atoms with Crippen molar-refractivity contribution in [3.63, 3.8) is 0 Å². The molecule has 0 unspecified atom stereocenters. The van der Waals surface area contributed by atoms with Crippen LogP contribution in [0.5, 0.6) is 0 Å². The van der Waals surface area contributed by atoms with E-state index in [4.69, 9.17) is 4.98 Å². The van der Waals surface area contributed by atoms with E-state index in [-0.39, 0.29) is 23.5 Å². The molecular formula is C31H33N5O3S2. The Hall–Kier alpha value is -3.29. The number of anilines is 1. The molecule has 0 bridgehead atoms. The molecule has 1 amide bonds. The van der Waals surface area contributed by atoms with Crippen molar-refractivity contribution in [2.75, 3.05) is 23.7 Å². The van der Waals surface area contributed by atoms with Crippen molar-refractivity contribution in [3.8, 4) is 27.1 Å². The highest BCUT2D eigenvalue weighted by atomic mass is 32.2. The Bertz CT molecular complexity index is 1620. The third-order valence-electron chi connectivity index (χ3n) is 9.41. The van der Waals surface area contributed by atoms with Gasteiger partial charge in [-0.2, -0.15) is 5.26 Å². The molecular weight excluding hydrogens is 555 g/mol. The molecule has 1 N–H and O–H groups in total. The Morgan fingerprint density at radius 1 is 1.07 bits per heavy atom. The molecule has 0 radical (unpaired) electrons. The average molecular weight is 588 g/mol. The lowest BCUT2D eigenvalue weighted by molar-refractivity contribution is -0.127. The Morgan fingerprint density at radius 2 is 1.85 bits per heavy atom. The summed E-state index contributed by atoms with van der Waals surface area (Å²) in [7, 11) is -3.01. The van der Waals surface area contributed by atoms with Crippen LogP contribution >= 0.6 is 11.3 Å². The van der Waals surface area contributed by atoms with Gasteiger partial charge in [0.1, 0.15) is 10.5 Å².